The van der Waals surface area contributed by atoms with Gasteiger partial charge in [0.25, 0.3) is 0 Å². The Kier molecular flexibility index (Phi) is 2.43. The fraction of sp³-hybridized carbons (Fsp3) is 0.364. The SMILES string of the molecule is N#Cc1c(F)c(Cl)cc2c1CCCC2. The van der Waals surface area contributed by atoms with E-state index in [1.807, 2.05) is 6.07 Å². The summed E-state index contributed by atoms with van der Waals surface area (Å²) in [5.74, 6) is -0.560. The fourth-order valence-corrected chi connectivity index (χ4v) is 2.18. The van der Waals surface area contributed by atoms with E-state index in [4.69, 9.17) is 16.9 Å². The number of halogens is 2. The van der Waals surface area contributed by atoms with Crippen molar-refractivity contribution in [2.75, 3.05) is 0 Å². The van der Waals surface area contributed by atoms with Gasteiger partial charge in [-0.2, -0.15) is 5.26 Å². The maximum atomic E-state index is 13.4. The third-order valence-electron chi connectivity index (χ3n) is 2.65. The Morgan fingerprint density at radius 2 is 2.07 bits per heavy atom. The normalized spacial score (nSPS) is 14.6. The molecule has 0 heterocycles. The van der Waals surface area contributed by atoms with Gasteiger partial charge in [-0.1, -0.05) is 11.6 Å². The van der Waals surface area contributed by atoms with Crippen molar-refractivity contribution in [3.8, 4) is 6.07 Å². The molecule has 0 N–H and O–H groups in total. The molecule has 0 radical (unpaired) electrons. The summed E-state index contributed by atoms with van der Waals surface area (Å²) in [7, 11) is 0. The predicted molar refractivity (Wildman–Crippen MR) is 52.8 cm³/mol. The fourth-order valence-electron chi connectivity index (χ4n) is 1.96. The summed E-state index contributed by atoms with van der Waals surface area (Å²) < 4.78 is 13.4. The number of hydrogen-bond donors (Lipinski definition) is 0. The van der Waals surface area contributed by atoms with E-state index in [-0.39, 0.29) is 10.6 Å². The van der Waals surface area contributed by atoms with Crippen LogP contribution in [0.15, 0.2) is 6.07 Å². The van der Waals surface area contributed by atoms with Crippen LogP contribution >= 0.6 is 11.6 Å². The highest BCUT2D eigenvalue weighted by Gasteiger charge is 2.19. The molecule has 0 aliphatic heterocycles. The average molecular weight is 210 g/mol. The van der Waals surface area contributed by atoms with Gasteiger partial charge in [-0.25, -0.2) is 4.39 Å². The van der Waals surface area contributed by atoms with Crippen LogP contribution in [0.5, 0.6) is 0 Å². The van der Waals surface area contributed by atoms with E-state index < -0.39 is 5.82 Å². The molecule has 0 amide bonds. The van der Waals surface area contributed by atoms with Crippen LogP contribution in [0, 0.1) is 17.1 Å². The molecule has 3 heteroatoms. The topological polar surface area (TPSA) is 23.8 Å². The van der Waals surface area contributed by atoms with Gasteiger partial charge >= 0.3 is 0 Å². The molecule has 0 aromatic heterocycles. The Bertz CT molecular complexity index is 420. The van der Waals surface area contributed by atoms with Gasteiger partial charge in [-0.05, 0) is 42.9 Å². The second-order valence-electron chi connectivity index (χ2n) is 3.50. The third kappa shape index (κ3) is 1.38. The summed E-state index contributed by atoms with van der Waals surface area (Å²) in [6.07, 6.45) is 3.83. The second-order valence-corrected chi connectivity index (χ2v) is 3.91. The minimum absolute atomic E-state index is 0.0715. The Labute approximate surface area is 87.1 Å². The third-order valence-corrected chi connectivity index (χ3v) is 2.93. The Balaban J connectivity index is 2.67. The Morgan fingerprint density at radius 3 is 2.79 bits per heavy atom. The number of benzene rings is 1. The van der Waals surface area contributed by atoms with Gasteiger partial charge in [-0.15, -0.1) is 0 Å². The first-order valence-corrected chi connectivity index (χ1v) is 5.01. The lowest BCUT2D eigenvalue weighted by molar-refractivity contribution is 0.610. The first-order chi connectivity index (χ1) is 6.74. The van der Waals surface area contributed by atoms with E-state index in [0.29, 0.717) is 0 Å². The smallest absolute Gasteiger partial charge is 0.159 e. The molecule has 0 unspecified atom stereocenters. The highest BCUT2D eigenvalue weighted by Crippen LogP contribution is 2.30. The van der Waals surface area contributed by atoms with Crippen LogP contribution in [-0.2, 0) is 12.8 Å². The van der Waals surface area contributed by atoms with Crippen molar-refractivity contribution in [3.05, 3.63) is 33.6 Å². The van der Waals surface area contributed by atoms with Crippen molar-refractivity contribution in [1.29, 1.82) is 5.26 Å². The maximum absolute atomic E-state index is 13.4. The number of hydrogen-bond acceptors (Lipinski definition) is 1. The molecule has 1 aliphatic carbocycles. The van der Waals surface area contributed by atoms with Crippen LogP contribution in [0.1, 0.15) is 29.5 Å². The first kappa shape index (κ1) is 9.48. The summed E-state index contributed by atoms with van der Waals surface area (Å²) in [6, 6.07) is 3.56. The molecule has 72 valence electrons. The Hall–Kier alpha value is -1.07. The number of nitriles is 1. The molecule has 1 aromatic rings. The first-order valence-electron chi connectivity index (χ1n) is 4.64. The zero-order valence-electron chi connectivity index (χ0n) is 7.61. The van der Waals surface area contributed by atoms with Crippen molar-refractivity contribution in [2.24, 2.45) is 0 Å². The van der Waals surface area contributed by atoms with Gasteiger partial charge in [0, 0.05) is 0 Å². The van der Waals surface area contributed by atoms with E-state index in [9.17, 15) is 4.39 Å². The van der Waals surface area contributed by atoms with Gasteiger partial charge in [0.05, 0.1) is 10.6 Å². The second kappa shape index (κ2) is 3.59. The molecule has 14 heavy (non-hydrogen) atoms. The van der Waals surface area contributed by atoms with Gasteiger partial charge in [-0.3, -0.25) is 0 Å². The molecule has 2 rings (SSSR count). The molecular formula is C11H9ClFN. The molecular weight excluding hydrogens is 201 g/mol. The molecule has 1 aromatic carbocycles. The van der Waals surface area contributed by atoms with E-state index in [1.165, 1.54) is 0 Å². The average Bonchev–Trinajstić information content (AvgIpc) is 2.20. The van der Waals surface area contributed by atoms with Crippen LogP contribution in [0.2, 0.25) is 5.02 Å². The van der Waals surface area contributed by atoms with Gasteiger partial charge in [0.2, 0.25) is 0 Å². The Morgan fingerprint density at radius 1 is 1.36 bits per heavy atom. The lowest BCUT2D eigenvalue weighted by atomic mass is 9.88. The minimum Gasteiger partial charge on any atom is -0.204 e. The molecule has 0 saturated carbocycles. The minimum atomic E-state index is -0.560. The monoisotopic (exact) mass is 209 g/mol. The van der Waals surface area contributed by atoms with Crippen molar-refractivity contribution < 1.29 is 4.39 Å². The van der Waals surface area contributed by atoms with Crippen LogP contribution in [-0.4, -0.2) is 0 Å². The standard InChI is InChI=1S/C11H9ClFN/c12-10-5-7-3-1-2-4-8(7)9(6-14)11(10)13/h5H,1-4H2. The largest absolute Gasteiger partial charge is 0.204 e. The van der Waals surface area contributed by atoms with E-state index in [2.05, 4.69) is 0 Å². The molecule has 0 spiro atoms. The highest BCUT2D eigenvalue weighted by molar-refractivity contribution is 6.31. The van der Waals surface area contributed by atoms with E-state index in [1.54, 1.807) is 6.07 Å². The number of fused-ring (bicyclic) bond motifs is 1. The number of rotatable bonds is 0. The lowest BCUT2D eigenvalue weighted by Gasteiger charge is -2.17. The maximum Gasteiger partial charge on any atom is 0.159 e. The summed E-state index contributed by atoms with van der Waals surface area (Å²) >= 11 is 5.70. The van der Waals surface area contributed by atoms with Crippen LogP contribution in [0.4, 0.5) is 4.39 Å². The van der Waals surface area contributed by atoms with Gasteiger partial charge < -0.3 is 0 Å². The molecule has 1 nitrogen and oxygen atoms in total. The predicted octanol–water partition coefficient (Wildman–Crippen LogP) is 3.23. The molecule has 0 atom stereocenters. The van der Waals surface area contributed by atoms with Crippen LogP contribution in [0.25, 0.3) is 0 Å². The number of aryl methyl sites for hydroxylation is 1. The van der Waals surface area contributed by atoms with Crippen LogP contribution < -0.4 is 0 Å². The zero-order chi connectivity index (χ0) is 10.1. The summed E-state index contributed by atoms with van der Waals surface area (Å²) in [4.78, 5) is 0. The molecule has 0 bridgehead atoms. The van der Waals surface area contributed by atoms with Crippen molar-refractivity contribution >= 4 is 11.6 Å². The molecule has 1 aliphatic rings. The van der Waals surface area contributed by atoms with Gasteiger partial charge in [0.15, 0.2) is 5.82 Å². The van der Waals surface area contributed by atoms with Gasteiger partial charge in [0.1, 0.15) is 6.07 Å². The number of nitrogens with zero attached hydrogens (tertiary/aromatic N) is 1. The zero-order valence-corrected chi connectivity index (χ0v) is 8.36. The van der Waals surface area contributed by atoms with Crippen molar-refractivity contribution in [2.45, 2.75) is 25.7 Å². The summed E-state index contributed by atoms with van der Waals surface area (Å²) in [5.41, 5.74) is 2.05. The van der Waals surface area contributed by atoms with E-state index >= 15 is 0 Å². The lowest BCUT2D eigenvalue weighted by Crippen LogP contribution is -2.07. The van der Waals surface area contributed by atoms with Crippen LogP contribution in [0.3, 0.4) is 0 Å². The molecule has 0 saturated heterocycles. The summed E-state index contributed by atoms with van der Waals surface area (Å²) in [6.45, 7) is 0. The summed E-state index contributed by atoms with van der Waals surface area (Å²) in [5, 5.41) is 8.92. The van der Waals surface area contributed by atoms with E-state index in [0.717, 1.165) is 36.8 Å². The van der Waals surface area contributed by atoms with Crippen molar-refractivity contribution in [1.82, 2.24) is 0 Å². The quantitative estimate of drug-likeness (QED) is 0.644. The molecule has 0 fully saturated rings. The highest BCUT2D eigenvalue weighted by atomic mass is 35.5. The van der Waals surface area contributed by atoms with Crippen molar-refractivity contribution in [3.63, 3.8) is 0 Å².